The number of furan rings is 1. The van der Waals surface area contributed by atoms with Gasteiger partial charge >= 0.3 is 0 Å². The third-order valence-electron chi connectivity index (χ3n) is 4.17. The Labute approximate surface area is 154 Å². The Morgan fingerprint density at radius 3 is 2.60 bits per heavy atom. The predicted octanol–water partition coefficient (Wildman–Crippen LogP) is 2.12. The highest BCUT2D eigenvalue weighted by Gasteiger charge is 2.22. The number of hydrogen-bond acceptors (Lipinski definition) is 4. The second kappa shape index (κ2) is 8.31. The van der Waals surface area contributed by atoms with E-state index in [1.165, 1.54) is 0 Å². The quantitative estimate of drug-likeness (QED) is 0.826. The van der Waals surface area contributed by atoms with Crippen LogP contribution < -0.4 is 5.32 Å². The van der Waals surface area contributed by atoms with Crippen molar-refractivity contribution in [3.05, 3.63) is 58.5 Å². The van der Waals surface area contributed by atoms with E-state index in [0.29, 0.717) is 18.7 Å². The van der Waals surface area contributed by atoms with Gasteiger partial charge < -0.3 is 14.6 Å². The van der Waals surface area contributed by atoms with Crippen LogP contribution in [0.2, 0.25) is 0 Å². The first-order valence-corrected chi connectivity index (χ1v) is 8.97. The highest BCUT2D eigenvalue weighted by Crippen LogP contribution is 2.12. The Morgan fingerprint density at radius 1 is 1.12 bits per heavy atom. The SMILES string of the molecule is O=C(NCC(=O)N1CCN(Cc2ccco2)CC1)c1cccc(Br)c1. The molecule has 2 amide bonds. The van der Waals surface area contributed by atoms with E-state index in [1.807, 2.05) is 18.2 Å². The Hall–Kier alpha value is -2.12. The highest BCUT2D eigenvalue weighted by molar-refractivity contribution is 9.10. The lowest BCUT2D eigenvalue weighted by Gasteiger charge is -2.34. The molecule has 6 nitrogen and oxygen atoms in total. The maximum Gasteiger partial charge on any atom is 0.251 e. The monoisotopic (exact) mass is 405 g/mol. The highest BCUT2D eigenvalue weighted by atomic mass is 79.9. The van der Waals surface area contributed by atoms with E-state index in [9.17, 15) is 9.59 Å². The summed E-state index contributed by atoms with van der Waals surface area (Å²) in [6.45, 7) is 3.69. The number of carbonyl (C=O) groups is 2. The van der Waals surface area contributed by atoms with E-state index in [0.717, 1.165) is 29.9 Å². The maximum absolute atomic E-state index is 12.3. The molecule has 1 saturated heterocycles. The smallest absolute Gasteiger partial charge is 0.251 e. The molecular weight excluding hydrogens is 386 g/mol. The lowest BCUT2D eigenvalue weighted by molar-refractivity contribution is -0.131. The lowest BCUT2D eigenvalue weighted by atomic mass is 10.2. The van der Waals surface area contributed by atoms with Crippen LogP contribution in [0.5, 0.6) is 0 Å². The Kier molecular flexibility index (Phi) is 5.88. The lowest BCUT2D eigenvalue weighted by Crippen LogP contribution is -2.50. The fraction of sp³-hybridized carbons (Fsp3) is 0.333. The molecule has 7 heteroatoms. The molecule has 3 rings (SSSR count). The summed E-state index contributed by atoms with van der Waals surface area (Å²) in [6, 6.07) is 10.9. The summed E-state index contributed by atoms with van der Waals surface area (Å²) in [7, 11) is 0. The zero-order valence-corrected chi connectivity index (χ0v) is 15.4. The van der Waals surface area contributed by atoms with Gasteiger partial charge in [-0.1, -0.05) is 22.0 Å². The molecule has 2 heterocycles. The topological polar surface area (TPSA) is 65.8 Å². The second-order valence-electron chi connectivity index (χ2n) is 5.93. The number of halogens is 1. The van der Waals surface area contributed by atoms with Crippen molar-refractivity contribution in [1.29, 1.82) is 0 Å². The zero-order valence-electron chi connectivity index (χ0n) is 13.8. The number of carbonyl (C=O) groups excluding carboxylic acids is 2. The van der Waals surface area contributed by atoms with Gasteiger partial charge in [-0.25, -0.2) is 0 Å². The summed E-state index contributed by atoms with van der Waals surface area (Å²) >= 11 is 3.33. The van der Waals surface area contributed by atoms with Crippen LogP contribution in [0.3, 0.4) is 0 Å². The molecule has 1 fully saturated rings. The third-order valence-corrected chi connectivity index (χ3v) is 4.66. The predicted molar refractivity (Wildman–Crippen MR) is 97.0 cm³/mol. The number of piperazine rings is 1. The summed E-state index contributed by atoms with van der Waals surface area (Å²) in [5.41, 5.74) is 0.533. The molecule has 1 aliphatic heterocycles. The molecule has 0 radical (unpaired) electrons. The fourth-order valence-corrected chi connectivity index (χ4v) is 3.18. The minimum atomic E-state index is -0.244. The van der Waals surface area contributed by atoms with Crippen molar-refractivity contribution < 1.29 is 14.0 Å². The summed E-state index contributed by atoms with van der Waals surface area (Å²) in [6.07, 6.45) is 1.67. The van der Waals surface area contributed by atoms with Crippen molar-refractivity contribution in [2.45, 2.75) is 6.54 Å². The van der Waals surface area contributed by atoms with Crippen LogP contribution in [0.1, 0.15) is 16.1 Å². The van der Waals surface area contributed by atoms with Gasteiger partial charge in [-0.15, -0.1) is 0 Å². The zero-order chi connectivity index (χ0) is 17.6. The average molecular weight is 406 g/mol. The van der Waals surface area contributed by atoms with Crippen molar-refractivity contribution >= 4 is 27.7 Å². The molecule has 1 aliphatic rings. The molecule has 1 N–H and O–H groups in total. The van der Waals surface area contributed by atoms with E-state index in [2.05, 4.69) is 26.1 Å². The van der Waals surface area contributed by atoms with Crippen LogP contribution in [-0.4, -0.2) is 54.3 Å². The van der Waals surface area contributed by atoms with Crippen molar-refractivity contribution in [1.82, 2.24) is 15.1 Å². The van der Waals surface area contributed by atoms with E-state index in [-0.39, 0.29) is 18.4 Å². The van der Waals surface area contributed by atoms with Crippen LogP contribution >= 0.6 is 15.9 Å². The second-order valence-corrected chi connectivity index (χ2v) is 6.84. The summed E-state index contributed by atoms with van der Waals surface area (Å²) in [5.74, 6) is 0.633. The number of nitrogens with zero attached hydrogens (tertiary/aromatic N) is 2. The van der Waals surface area contributed by atoms with E-state index in [4.69, 9.17) is 4.42 Å². The normalized spacial score (nSPS) is 15.2. The molecule has 0 spiro atoms. The first kappa shape index (κ1) is 17.7. The molecule has 132 valence electrons. The van der Waals surface area contributed by atoms with Gasteiger partial charge in [0.1, 0.15) is 5.76 Å². The molecule has 0 bridgehead atoms. The Morgan fingerprint density at radius 2 is 1.92 bits per heavy atom. The molecule has 2 aromatic rings. The van der Waals surface area contributed by atoms with Crippen molar-refractivity contribution in [2.75, 3.05) is 32.7 Å². The number of amides is 2. The van der Waals surface area contributed by atoms with Crippen LogP contribution in [0, 0.1) is 0 Å². The molecular formula is C18H20BrN3O3. The number of hydrogen-bond donors (Lipinski definition) is 1. The molecule has 1 aromatic carbocycles. The van der Waals surface area contributed by atoms with E-state index < -0.39 is 0 Å². The molecule has 0 unspecified atom stereocenters. The molecule has 1 aromatic heterocycles. The number of benzene rings is 1. The van der Waals surface area contributed by atoms with Crippen molar-refractivity contribution in [3.8, 4) is 0 Å². The summed E-state index contributed by atoms with van der Waals surface area (Å²) in [4.78, 5) is 28.4. The third kappa shape index (κ3) is 4.93. The molecule has 0 atom stereocenters. The minimum Gasteiger partial charge on any atom is -0.468 e. The largest absolute Gasteiger partial charge is 0.468 e. The van der Waals surface area contributed by atoms with Crippen LogP contribution in [-0.2, 0) is 11.3 Å². The maximum atomic E-state index is 12.3. The van der Waals surface area contributed by atoms with Gasteiger partial charge in [-0.2, -0.15) is 0 Å². The number of nitrogens with one attached hydrogen (secondary N) is 1. The van der Waals surface area contributed by atoms with Gasteiger partial charge in [0, 0.05) is 36.2 Å². The Balaban J connectivity index is 1.42. The molecule has 0 saturated carbocycles. The summed E-state index contributed by atoms with van der Waals surface area (Å²) in [5, 5.41) is 2.69. The van der Waals surface area contributed by atoms with Gasteiger partial charge in [-0.3, -0.25) is 14.5 Å². The van der Waals surface area contributed by atoms with E-state index >= 15 is 0 Å². The fourth-order valence-electron chi connectivity index (χ4n) is 2.78. The minimum absolute atomic E-state index is 0.0174. The Bertz CT molecular complexity index is 725. The van der Waals surface area contributed by atoms with Crippen LogP contribution in [0.4, 0.5) is 0 Å². The van der Waals surface area contributed by atoms with E-state index in [1.54, 1.807) is 29.4 Å². The van der Waals surface area contributed by atoms with Gasteiger partial charge in [0.05, 0.1) is 19.4 Å². The van der Waals surface area contributed by atoms with Gasteiger partial charge in [-0.05, 0) is 30.3 Å². The van der Waals surface area contributed by atoms with Gasteiger partial charge in [0.25, 0.3) is 5.91 Å². The van der Waals surface area contributed by atoms with Crippen LogP contribution in [0.25, 0.3) is 0 Å². The standard InChI is InChI=1S/C18H20BrN3O3/c19-15-4-1-3-14(11-15)18(24)20-12-17(23)22-8-6-21(7-9-22)13-16-5-2-10-25-16/h1-5,10-11H,6-9,12-13H2,(H,20,24). The van der Waals surface area contributed by atoms with Gasteiger partial charge in [0.2, 0.25) is 5.91 Å². The summed E-state index contributed by atoms with van der Waals surface area (Å²) < 4.78 is 6.19. The molecule has 0 aliphatic carbocycles. The molecule has 25 heavy (non-hydrogen) atoms. The van der Waals surface area contributed by atoms with Crippen molar-refractivity contribution in [2.24, 2.45) is 0 Å². The first-order valence-electron chi connectivity index (χ1n) is 8.18. The first-order chi connectivity index (χ1) is 12.1. The van der Waals surface area contributed by atoms with Crippen molar-refractivity contribution in [3.63, 3.8) is 0 Å². The number of rotatable bonds is 5. The van der Waals surface area contributed by atoms with Crippen LogP contribution in [0.15, 0.2) is 51.6 Å². The average Bonchev–Trinajstić information content (AvgIpc) is 3.13. The van der Waals surface area contributed by atoms with Gasteiger partial charge in [0.15, 0.2) is 0 Å².